The number of nitrogens with zero attached hydrogens (tertiary/aromatic N) is 2. The van der Waals surface area contributed by atoms with E-state index in [0.717, 1.165) is 0 Å². The molecule has 56 valence electrons. The number of aromatic amines is 1. The Hall–Kier alpha value is -0.950. The van der Waals surface area contributed by atoms with Crippen LogP contribution >= 0.6 is 0 Å². The van der Waals surface area contributed by atoms with Crippen molar-refractivity contribution < 1.29 is 13.0 Å². The van der Waals surface area contributed by atoms with Crippen LogP contribution < -0.4 is 0 Å². The fourth-order valence-electron chi connectivity index (χ4n) is 0.482. The van der Waals surface area contributed by atoms with Crippen LogP contribution in [0.3, 0.4) is 0 Å². The normalized spacial score (nSPS) is 11.7. The minimum absolute atomic E-state index is 0.197. The highest BCUT2D eigenvalue weighted by Gasteiger charge is 2.07. The molecule has 0 aliphatic carbocycles. The summed E-state index contributed by atoms with van der Waals surface area (Å²) < 4.78 is 28.6. The fraction of sp³-hybridized carbons (Fsp3) is 0.333. The van der Waals surface area contributed by atoms with Gasteiger partial charge in [-0.25, -0.2) is 0 Å². The first-order chi connectivity index (χ1) is 4.58. The van der Waals surface area contributed by atoms with Crippen LogP contribution in [0.2, 0.25) is 0 Å². The zero-order chi connectivity index (χ0) is 7.61. The average Bonchev–Trinajstić information content (AvgIpc) is 2.12. The minimum atomic E-state index is -3.97. The van der Waals surface area contributed by atoms with E-state index in [9.17, 15) is 8.42 Å². The molecule has 1 aromatic rings. The topological polar surface area (TPSA) is 95.9 Å². The van der Waals surface area contributed by atoms with Crippen LogP contribution in [-0.4, -0.2) is 28.4 Å². The lowest BCUT2D eigenvalue weighted by molar-refractivity contribution is 0.481. The second-order valence-electron chi connectivity index (χ2n) is 1.69. The molecule has 10 heavy (non-hydrogen) atoms. The molecule has 0 aliphatic rings. The van der Waals surface area contributed by atoms with Gasteiger partial charge in [0.1, 0.15) is 5.75 Å². The number of hydrogen-bond donors (Lipinski definition) is 2. The maximum absolute atomic E-state index is 10.2. The van der Waals surface area contributed by atoms with Crippen molar-refractivity contribution in [1.29, 1.82) is 0 Å². The van der Waals surface area contributed by atoms with Crippen molar-refractivity contribution >= 4 is 10.1 Å². The highest BCUT2D eigenvalue weighted by Crippen LogP contribution is 1.95. The Morgan fingerprint density at radius 2 is 2.40 bits per heavy atom. The Labute approximate surface area is 57.0 Å². The predicted octanol–water partition coefficient (Wildman–Crippen LogP) is -0.808. The summed E-state index contributed by atoms with van der Waals surface area (Å²) >= 11 is 0. The molecule has 0 radical (unpaired) electrons. The first-order valence-corrected chi connectivity index (χ1v) is 3.98. The lowest BCUT2D eigenvalue weighted by atomic mass is 10.6. The zero-order valence-electron chi connectivity index (χ0n) is 4.85. The molecule has 6 nitrogen and oxygen atoms in total. The van der Waals surface area contributed by atoms with Crippen molar-refractivity contribution in [1.82, 2.24) is 15.4 Å². The first kappa shape index (κ1) is 7.16. The number of hydrogen-bond acceptors (Lipinski definition) is 4. The highest BCUT2D eigenvalue weighted by atomic mass is 32.2. The summed E-state index contributed by atoms with van der Waals surface area (Å²) in [6.07, 6.45) is 1.23. The van der Waals surface area contributed by atoms with E-state index in [1.807, 2.05) is 0 Å². The van der Waals surface area contributed by atoms with Crippen molar-refractivity contribution in [3.63, 3.8) is 0 Å². The van der Waals surface area contributed by atoms with Crippen molar-refractivity contribution in [2.45, 2.75) is 5.75 Å². The van der Waals surface area contributed by atoms with E-state index in [-0.39, 0.29) is 5.69 Å². The van der Waals surface area contributed by atoms with Crippen molar-refractivity contribution in [2.75, 3.05) is 0 Å². The summed E-state index contributed by atoms with van der Waals surface area (Å²) in [4.78, 5) is 0. The van der Waals surface area contributed by atoms with Gasteiger partial charge in [0.25, 0.3) is 10.1 Å². The van der Waals surface area contributed by atoms with Crippen molar-refractivity contribution in [2.24, 2.45) is 0 Å². The Morgan fingerprint density at radius 3 is 2.80 bits per heavy atom. The molecule has 2 N–H and O–H groups in total. The van der Waals surface area contributed by atoms with Gasteiger partial charge in [-0.05, 0) is 0 Å². The summed E-state index contributed by atoms with van der Waals surface area (Å²) in [5.41, 5.74) is 0.197. The number of H-pyrrole nitrogens is 1. The third-order valence-electron chi connectivity index (χ3n) is 0.795. The maximum Gasteiger partial charge on any atom is 0.270 e. The summed E-state index contributed by atoms with van der Waals surface area (Å²) in [6, 6.07) is 0. The van der Waals surface area contributed by atoms with Gasteiger partial charge in [0.15, 0.2) is 0 Å². The quantitative estimate of drug-likeness (QED) is 0.556. The number of rotatable bonds is 2. The summed E-state index contributed by atoms with van der Waals surface area (Å²) in [5.74, 6) is -0.497. The van der Waals surface area contributed by atoms with Crippen molar-refractivity contribution in [3.8, 4) is 0 Å². The predicted molar refractivity (Wildman–Crippen MR) is 31.6 cm³/mol. The molecule has 0 saturated carbocycles. The Kier molecular flexibility index (Phi) is 1.68. The van der Waals surface area contributed by atoms with E-state index in [1.165, 1.54) is 6.20 Å². The van der Waals surface area contributed by atoms with E-state index in [2.05, 4.69) is 15.4 Å². The van der Waals surface area contributed by atoms with E-state index in [1.54, 1.807) is 0 Å². The summed E-state index contributed by atoms with van der Waals surface area (Å²) in [5, 5.41) is 9.00. The molecule has 0 spiro atoms. The number of aromatic nitrogens is 3. The van der Waals surface area contributed by atoms with Crippen LogP contribution in [0.5, 0.6) is 0 Å². The van der Waals surface area contributed by atoms with Gasteiger partial charge >= 0.3 is 0 Å². The zero-order valence-corrected chi connectivity index (χ0v) is 5.67. The molecule has 1 aromatic heterocycles. The van der Waals surface area contributed by atoms with E-state index < -0.39 is 15.9 Å². The van der Waals surface area contributed by atoms with Crippen LogP contribution in [-0.2, 0) is 15.9 Å². The Bertz CT molecular complexity index is 289. The monoisotopic (exact) mass is 163 g/mol. The molecule has 0 aliphatic heterocycles. The van der Waals surface area contributed by atoms with E-state index in [0.29, 0.717) is 0 Å². The standard InChI is InChI=1S/C3H5N3O3S/c7-10(8,9)2-3-1-4-6-5-3/h1H,2H2,(H,4,5,6)(H,7,8,9). The van der Waals surface area contributed by atoms with Gasteiger partial charge < -0.3 is 0 Å². The second-order valence-corrected chi connectivity index (χ2v) is 3.14. The van der Waals surface area contributed by atoms with Gasteiger partial charge in [-0.15, -0.1) is 0 Å². The SMILES string of the molecule is O=S(=O)(O)Cc1cn[nH]n1. The molecular weight excluding hydrogens is 158 g/mol. The third-order valence-corrected chi connectivity index (χ3v) is 1.46. The fourth-order valence-corrected chi connectivity index (χ4v) is 0.995. The molecule has 1 rings (SSSR count). The lowest BCUT2D eigenvalue weighted by Crippen LogP contribution is -2.01. The highest BCUT2D eigenvalue weighted by molar-refractivity contribution is 7.84. The van der Waals surface area contributed by atoms with Crippen LogP contribution in [0.15, 0.2) is 6.20 Å². The average molecular weight is 163 g/mol. The molecular formula is C3H5N3O3S. The molecule has 0 aromatic carbocycles. The Balaban J connectivity index is 2.75. The van der Waals surface area contributed by atoms with Gasteiger partial charge in [0.2, 0.25) is 0 Å². The minimum Gasteiger partial charge on any atom is -0.285 e. The molecule has 1 heterocycles. The van der Waals surface area contributed by atoms with Gasteiger partial charge in [0.05, 0.1) is 11.9 Å². The third kappa shape index (κ3) is 2.11. The summed E-state index contributed by atoms with van der Waals surface area (Å²) in [6.45, 7) is 0. The first-order valence-electron chi connectivity index (χ1n) is 2.38. The summed E-state index contributed by atoms with van der Waals surface area (Å²) in [7, 11) is -3.97. The smallest absolute Gasteiger partial charge is 0.270 e. The molecule has 0 fully saturated rings. The van der Waals surface area contributed by atoms with Crippen LogP contribution in [0.4, 0.5) is 0 Å². The Morgan fingerprint density at radius 1 is 1.70 bits per heavy atom. The molecule has 0 amide bonds. The lowest BCUT2D eigenvalue weighted by Gasteiger charge is -1.87. The van der Waals surface area contributed by atoms with Crippen LogP contribution in [0.1, 0.15) is 5.69 Å². The van der Waals surface area contributed by atoms with E-state index in [4.69, 9.17) is 4.55 Å². The maximum atomic E-state index is 10.2. The van der Waals surface area contributed by atoms with Gasteiger partial charge in [-0.1, -0.05) is 0 Å². The largest absolute Gasteiger partial charge is 0.285 e. The molecule has 0 saturated heterocycles. The second kappa shape index (κ2) is 2.35. The molecule has 0 atom stereocenters. The van der Waals surface area contributed by atoms with Crippen LogP contribution in [0.25, 0.3) is 0 Å². The van der Waals surface area contributed by atoms with Gasteiger partial charge in [-0.2, -0.15) is 23.8 Å². The van der Waals surface area contributed by atoms with Gasteiger partial charge in [0, 0.05) is 0 Å². The van der Waals surface area contributed by atoms with Crippen molar-refractivity contribution in [3.05, 3.63) is 11.9 Å². The molecule has 7 heteroatoms. The van der Waals surface area contributed by atoms with Gasteiger partial charge in [-0.3, -0.25) is 4.55 Å². The van der Waals surface area contributed by atoms with Crippen LogP contribution in [0, 0.1) is 0 Å². The van der Waals surface area contributed by atoms with E-state index >= 15 is 0 Å². The molecule has 0 unspecified atom stereocenters. The molecule has 0 bridgehead atoms. The number of nitrogens with one attached hydrogen (secondary N) is 1.